The van der Waals surface area contributed by atoms with Crippen LogP contribution in [0.2, 0.25) is 0 Å². The van der Waals surface area contributed by atoms with Gasteiger partial charge in [0.25, 0.3) is 0 Å². The topological polar surface area (TPSA) is 12.0 Å². The quantitative estimate of drug-likeness (QED) is 0.673. The zero-order valence-corrected chi connectivity index (χ0v) is 13.6. The second-order valence-electron chi connectivity index (χ2n) is 6.71. The van der Waals surface area contributed by atoms with Crippen LogP contribution in [0.4, 0.5) is 0 Å². The molecule has 3 atom stereocenters. The van der Waals surface area contributed by atoms with Crippen LogP contribution in [0.3, 0.4) is 0 Å². The zero-order valence-electron chi connectivity index (χ0n) is 13.6. The van der Waals surface area contributed by atoms with E-state index in [1.165, 1.54) is 38.5 Å². The van der Waals surface area contributed by atoms with Gasteiger partial charge in [-0.3, -0.25) is 0 Å². The predicted molar refractivity (Wildman–Crippen MR) is 81.9 cm³/mol. The fourth-order valence-electron chi connectivity index (χ4n) is 4.33. The molecule has 1 nitrogen and oxygen atoms in total. The lowest BCUT2D eigenvalue weighted by molar-refractivity contribution is 0.190. The normalized spacial score (nSPS) is 31.2. The summed E-state index contributed by atoms with van der Waals surface area (Å²) in [4.78, 5) is 0. The molecule has 0 spiro atoms. The van der Waals surface area contributed by atoms with Gasteiger partial charge in [-0.25, -0.2) is 0 Å². The van der Waals surface area contributed by atoms with Gasteiger partial charge in [0.2, 0.25) is 0 Å². The Balaban J connectivity index is 2.94. The Morgan fingerprint density at radius 3 is 2.06 bits per heavy atom. The number of nitrogens with one attached hydrogen (secondary N) is 1. The second kappa shape index (κ2) is 6.93. The van der Waals surface area contributed by atoms with Crippen molar-refractivity contribution in [3.8, 4) is 0 Å². The summed E-state index contributed by atoms with van der Waals surface area (Å²) < 4.78 is 0. The summed E-state index contributed by atoms with van der Waals surface area (Å²) in [5, 5.41) is 4.06. The Bertz CT molecular complexity index is 230. The number of hydrogen-bond donors (Lipinski definition) is 1. The molecule has 1 aliphatic heterocycles. The zero-order chi connectivity index (χ0) is 13.8. The highest BCUT2D eigenvalue weighted by atomic mass is 15.1. The average molecular weight is 253 g/mol. The third-order valence-electron chi connectivity index (χ3n) is 5.27. The van der Waals surface area contributed by atoms with Crippen LogP contribution < -0.4 is 5.32 Å². The van der Waals surface area contributed by atoms with Crippen LogP contribution >= 0.6 is 0 Å². The first-order valence-corrected chi connectivity index (χ1v) is 8.32. The monoisotopic (exact) mass is 253 g/mol. The molecule has 0 aromatic rings. The van der Waals surface area contributed by atoms with Crippen LogP contribution in [0.25, 0.3) is 0 Å². The molecule has 1 rings (SSSR count). The Morgan fingerprint density at radius 2 is 1.67 bits per heavy atom. The Kier molecular flexibility index (Phi) is 6.17. The van der Waals surface area contributed by atoms with Crippen molar-refractivity contribution in [1.82, 2.24) is 5.32 Å². The molecule has 1 N–H and O–H groups in total. The summed E-state index contributed by atoms with van der Waals surface area (Å²) >= 11 is 0. The molecule has 0 aliphatic carbocycles. The first-order valence-electron chi connectivity index (χ1n) is 8.32. The van der Waals surface area contributed by atoms with E-state index in [0.717, 1.165) is 23.8 Å². The van der Waals surface area contributed by atoms with Crippen molar-refractivity contribution in [3.63, 3.8) is 0 Å². The van der Waals surface area contributed by atoms with Crippen molar-refractivity contribution in [1.29, 1.82) is 0 Å². The molecule has 0 amide bonds. The summed E-state index contributed by atoms with van der Waals surface area (Å²) in [6.07, 6.45) is 7.99. The third-order valence-corrected chi connectivity index (χ3v) is 5.27. The van der Waals surface area contributed by atoms with Crippen molar-refractivity contribution in [3.05, 3.63) is 0 Å². The molecule has 0 radical (unpaired) electrons. The highest BCUT2D eigenvalue weighted by Gasteiger charge is 2.49. The summed E-state index contributed by atoms with van der Waals surface area (Å²) in [7, 11) is 0. The summed E-state index contributed by atoms with van der Waals surface area (Å²) in [5.41, 5.74) is 0.421. The second-order valence-corrected chi connectivity index (χ2v) is 6.71. The van der Waals surface area contributed by atoms with E-state index in [4.69, 9.17) is 0 Å². The minimum absolute atomic E-state index is 0.421. The van der Waals surface area contributed by atoms with Gasteiger partial charge in [-0.15, -0.1) is 0 Å². The predicted octanol–water partition coefficient (Wildman–Crippen LogP) is 5.01. The van der Waals surface area contributed by atoms with Crippen LogP contribution in [0, 0.1) is 17.8 Å². The summed E-state index contributed by atoms with van der Waals surface area (Å²) in [5.74, 6) is 2.60. The van der Waals surface area contributed by atoms with E-state index >= 15 is 0 Å². The van der Waals surface area contributed by atoms with Crippen LogP contribution in [0.15, 0.2) is 0 Å². The van der Waals surface area contributed by atoms with Gasteiger partial charge in [-0.05, 0) is 43.4 Å². The molecule has 1 heteroatoms. The summed E-state index contributed by atoms with van der Waals surface area (Å²) in [6.45, 7) is 14.2. The maximum atomic E-state index is 4.06. The van der Waals surface area contributed by atoms with Crippen LogP contribution in [0.5, 0.6) is 0 Å². The number of hydrogen-bond acceptors (Lipinski definition) is 1. The number of rotatable bonds is 7. The highest BCUT2D eigenvalue weighted by molar-refractivity contribution is 5.06. The fraction of sp³-hybridized carbons (Fsp3) is 1.00. The van der Waals surface area contributed by atoms with E-state index in [1.807, 2.05) is 0 Å². The Labute approximate surface area is 115 Å². The molecule has 0 aromatic carbocycles. The molecule has 1 heterocycles. The molecule has 1 saturated heterocycles. The minimum atomic E-state index is 0.421. The standard InChI is InChI=1S/C17H35N/c1-7-11-16-14(8-2)15(12-13(5)6)17(9-3,10-4)18-16/h13-16,18H,7-12H2,1-6H3/t14?,15-,16-/m0/s1. The van der Waals surface area contributed by atoms with E-state index in [1.54, 1.807) is 0 Å². The minimum Gasteiger partial charge on any atom is -0.308 e. The highest BCUT2D eigenvalue weighted by Crippen LogP contribution is 2.45. The van der Waals surface area contributed by atoms with Gasteiger partial charge in [-0.1, -0.05) is 54.4 Å². The molecule has 0 bridgehead atoms. The van der Waals surface area contributed by atoms with Crippen molar-refractivity contribution in [2.24, 2.45) is 17.8 Å². The van der Waals surface area contributed by atoms with Gasteiger partial charge in [-0.2, -0.15) is 0 Å². The van der Waals surface area contributed by atoms with E-state index < -0.39 is 0 Å². The lowest BCUT2D eigenvalue weighted by atomic mass is 9.71. The molecule has 0 aromatic heterocycles. The molecule has 0 saturated carbocycles. The first-order chi connectivity index (χ1) is 8.54. The van der Waals surface area contributed by atoms with Crippen molar-refractivity contribution >= 4 is 0 Å². The Hall–Kier alpha value is -0.0400. The van der Waals surface area contributed by atoms with Gasteiger partial charge in [0.05, 0.1) is 0 Å². The van der Waals surface area contributed by atoms with Crippen molar-refractivity contribution in [2.45, 2.75) is 91.6 Å². The van der Waals surface area contributed by atoms with Gasteiger partial charge < -0.3 is 5.32 Å². The van der Waals surface area contributed by atoms with Crippen LogP contribution in [-0.4, -0.2) is 11.6 Å². The van der Waals surface area contributed by atoms with Gasteiger partial charge >= 0.3 is 0 Å². The molecule has 108 valence electrons. The lowest BCUT2D eigenvalue weighted by Crippen LogP contribution is -2.46. The molecular weight excluding hydrogens is 218 g/mol. The SMILES string of the molecule is CCC[C@@H]1NC(CC)(CC)[C@@H](CC(C)C)C1CC. The van der Waals surface area contributed by atoms with E-state index in [9.17, 15) is 0 Å². The largest absolute Gasteiger partial charge is 0.308 e. The maximum absolute atomic E-state index is 4.06. The van der Waals surface area contributed by atoms with Gasteiger partial charge in [0.15, 0.2) is 0 Å². The van der Waals surface area contributed by atoms with E-state index in [-0.39, 0.29) is 0 Å². The Morgan fingerprint density at radius 1 is 1.06 bits per heavy atom. The molecule has 1 aliphatic rings. The molecular formula is C17H35N. The van der Waals surface area contributed by atoms with Crippen LogP contribution in [0.1, 0.15) is 80.1 Å². The fourth-order valence-corrected chi connectivity index (χ4v) is 4.33. The van der Waals surface area contributed by atoms with Gasteiger partial charge in [0.1, 0.15) is 0 Å². The van der Waals surface area contributed by atoms with Crippen molar-refractivity contribution in [2.75, 3.05) is 0 Å². The lowest BCUT2D eigenvalue weighted by Gasteiger charge is -2.37. The molecule has 1 unspecified atom stereocenters. The first kappa shape index (κ1) is 16.0. The summed E-state index contributed by atoms with van der Waals surface area (Å²) in [6, 6.07) is 0.767. The maximum Gasteiger partial charge on any atom is 0.0210 e. The third kappa shape index (κ3) is 3.10. The van der Waals surface area contributed by atoms with Crippen LogP contribution in [-0.2, 0) is 0 Å². The van der Waals surface area contributed by atoms with E-state index in [2.05, 4.69) is 46.9 Å². The average Bonchev–Trinajstić information content (AvgIpc) is 2.63. The van der Waals surface area contributed by atoms with Crippen molar-refractivity contribution < 1.29 is 0 Å². The van der Waals surface area contributed by atoms with Gasteiger partial charge in [0, 0.05) is 11.6 Å². The smallest absolute Gasteiger partial charge is 0.0210 e. The van der Waals surface area contributed by atoms with E-state index in [0.29, 0.717) is 5.54 Å². The molecule has 1 fully saturated rings. The molecule has 18 heavy (non-hydrogen) atoms.